The van der Waals surface area contributed by atoms with Crippen LogP contribution in [-0.2, 0) is 6.54 Å². The maximum Gasteiger partial charge on any atom is 0.337 e. The van der Waals surface area contributed by atoms with Gasteiger partial charge >= 0.3 is 5.97 Å². The van der Waals surface area contributed by atoms with Crippen molar-refractivity contribution < 1.29 is 14.3 Å². The van der Waals surface area contributed by atoms with E-state index in [-0.39, 0.29) is 5.56 Å². The van der Waals surface area contributed by atoms with E-state index in [0.717, 1.165) is 5.76 Å². The zero-order valence-corrected chi connectivity index (χ0v) is 10.5. The average Bonchev–Trinajstić information content (AvgIpc) is 2.81. The highest BCUT2D eigenvalue weighted by molar-refractivity contribution is 6.31. The van der Waals surface area contributed by atoms with E-state index >= 15 is 0 Å². The van der Waals surface area contributed by atoms with E-state index in [1.165, 1.54) is 6.07 Å². The second-order valence-corrected chi connectivity index (χ2v) is 4.34. The van der Waals surface area contributed by atoms with Gasteiger partial charge in [0.15, 0.2) is 0 Å². The highest BCUT2D eigenvalue weighted by Gasteiger charge is 2.14. The first-order valence-electron chi connectivity index (χ1n) is 5.34. The van der Waals surface area contributed by atoms with Crippen molar-refractivity contribution in [2.45, 2.75) is 6.54 Å². The minimum atomic E-state index is -1.00. The second kappa shape index (κ2) is 5.14. The normalized spacial score (nSPS) is 10.3. The number of carboxylic acids is 1. The molecule has 5 heteroatoms. The number of furan rings is 1. The Morgan fingerprint density at radius 2 is 2.22 bits per heavy atom. The molecule has 2 rings (SSSR count). The van der Waals surface area contributed by atoms with Crippen LogP contribution in [0.15, 0.2) is 41.0 Å². The van der Waals surface area contributed by atoms with Gasteiger partial charge in [-0.05, 0) is 30.3 Å². The van der Waals surface area contributed by atoms with Crippen LogP contribution >= 0.6 is 11.6 Å². The third-order valence-electron chi connectivity index (χ3n) is 2.57. The largest absolute Gasteiger partial charge is 0.478 e. The quantitative estimate of drug-likeness (QED) is 0.922. The lowest BCUT2D eigenvalue weighted by Gasteiger charge is -2.20. The Morgan fingerprint density at radius 3 is 2.83 bits per heavy atom. The van der Waals surface area contributed by atoms with Crippen molar-refractivity contribution in [3.63, 3.8) is 0 Å². The third kappa shape index (κ3) is 2.65. The van der Waals surface area contributed by atoms with Crippen molar-refractivity contribution in [1.29, 1.82) is 0 Å². The number of benzene rings is 1. The molecule has 1 aromatic heterocycles. The van der Waals surface area contributed by atoms with Crippen LogP contribution in [0, 0.1) is 0 Å². The summed E-state index contributed by atoms with van der Waals surface area (Å²) in [5, 5.41) is 9.56. The predicted octanol–water partition coefficient (Wildman–Crippen LogP) is 3.27. The first-order valence-corrected chi connectivity index (χ1v) is 5.72. The molecule has 0 bridgehead atoms. The van der Waals surface area contributed by atoms with E-state index in [0.29, 0.717) is 17.3 Å². The zero-order valence-electron chi connectivity index (χ0n) is 9.76. The van der Waals surface area contributed by atoms with Gasteiger partial charge in [-0.3, -0.25) is 0 Å². The molecule has 0 spiro atoms. The number of hydrogen-bond acceptors (Lipinski definition) is 3. The third-order valence-corrected chi connectivity index (χ3v) is 2.81. The molecule has 4 nitrogen and oxygen atoms in total. The van der Waals surface area contributed by atoms with E-state index in [4.69, 9.17) is 21.1 Å². The van der Waals surface area contributed by atoms with Gasteiger partial charge in [-0.25, -0.2) is 4.79 Å². The molecule has 1 heterocycles. The van der Waals surface area contributed by atoms with Gasteiger partial charge in [-0.15, -0.1) is 0 Å². The summed E-state index contributed by atoms with van der Waals surface area (Å²) in [6.45, 7) is 0.495. The summed E-state index contributed by atoms with van der Waals surface area (Å²) in [4.78, 5) is 13.0. The highest BCUT2D eigenvalue weighted by atomic mass is 35.5. The lowest BCUT2D eigenvalue weighted by atomic mass is 10.1. The molecule has 0 amide bonds. The summed E-state index contributed by atoms with van der Waals surface area (Å²) >= 11 is 5.81. The fraction of sp³-hybridized carbons (Fsp3) is 0.154. The molecule has 94 valence electrons. The van der Waals surface area contributed by atoms with Gasteiger partial charge in [0.1, 0.15) is 5.76 Å². The fourth-order valence-electron chi connectivity index (χ4n) is 1.73. The molecule has 2 aromatic rings. The molecule has 0 saturated heterocycles. The van der Waals surface area contributed by atoms with E-state index in [2.05, 4.69) is 0 Å². The van der Waals surface area contributed by atoms with Crippen molar-refractivity contribution >= 4 is 23.3 Å². The lowest BCUT2D eigenvalue weighted by molar-refractivity contribution is 0.0697. The van der Waals surface area contributed by atoms with Crippen molar-refractivity contribution in [3.8, 4) is 0 Å². The van der Waals surface area contributed by atoms with Crippen LogP contribution in [0.25, 0.3) is 0 Å². The summed E-state index contributed by atoms with van der Waals surface area (Å²) in [7, 11) is 1.80. The first kappa shape index (κ1) is 12.5. The van der Waals surface area contributed by atoms with E-state index < -0.39 is 5.97 Å². The number of carbonyl (C=O) groups is 1. The summed E-state index contributed by atoms with van der Waals surface area (Å²) in [5.74, 6) is -0.234. The number of nitrogens with zero attached hydrogens (tertiary/aromatic N) is 1. The highest BCUT2D eigenvalue weighted by Crippen LogP contribution is 2.24. The molecule has 0 saturated carbocycles. The predicted molar refractivity (Wildman–Crippen MR) is 69.2 cm³/mol. The van der Waals surface area contributed by atoms with Crippen LogP contribution in [-0.4, -0.2) is 18.1 Å². The molecule has 0 atom stereocenters. The smallest absolute Gasteiger partial charge is 0.337 e. The first-order chi connectivity index (χ1) is 8.58. The van der Waals surface area contributed by atoms with Crippen LogP contribution in [0.4, 0.5) is 5.69 Å². The van der Waals surface area contributed by atoms with Crippen LogP contribution in [0.2, 0.25) is 5.02 Å². The van der Waals surface area contributed by atoms with Crippen molar-refractivity contribution in [1.82, 2.24) is 0 Å². The number of aromatic carboxylic acids is 1. The van der Waals surface area contributed by atoms with Gasteiger partial charge in [0.25, 0.3) is 0 Å². The summed E-state index contributed by atoms with van der Waals surface area (Å²) in [5.41, 5.74) is 0.778. The SMILES string of the molecule is CN(Cc1ccco1)c1ccc(Cl)cc1C(=O)O. The molecule has 0 aliphatic heterocycles. The second-order valence-electron chi connectivity index (χ2n) is 3.90. The van der Waals surface area contributed by atoms with Gasteiger partial charge in [0.2, 0.25) is 0 Å². The van der Waals surface area contributed by atoms with E-state index in [1.807, 2.05) is 6.07 Å². The summed E-state index contributed by atoms with van der Waals surface area (Å²) in [6.07, 6.45) is 1.59. The van der Waals surface area contributed by atoms with Crippen molar-refractivity contribution in [2.24, 2.45) is 0 Å². The Bertz CT molecular complexity index is 551. The van der Waals surface area contributed by atoms with Crippen LogP contribution in [0.1, 0.15) is 16.1 Å². The van der Waals surface area contributed by atoms with E-state index in [1.54, 1.807) is 36.4 Å². The van der Waals surface area contributed by atoms with Crippen molar-refractivity contribution in [2.75, 3.05) is 11.9 Å². The minimum Gasteiger partial charge on any atom is -0.478 e. The molecular weight excluding hydrogens is 254 g/mol. The molecule has 1 aromatic carbocycles. The van der Waals surface area contributed by atoms with E-state index in [9.17, 15) is 4.79 Å². The fourth-order valence-corrected chi connectivity index (χ4v) is 1.91. The summed E-state index contributed by atoms with van der Waals surface area (Å²) < 4.78 is 5.23. The molecule has 0 unspecified atom stereocenters. The van der Waals surface area contributed by atoms with Crippen LogP contribution < -0.4 is 4.90 Å². The molecule has 0 fully saturated rings. The average molecular weight is 266 g/mol. The number of anilines is 1. The van der Waals surface area contributed by atoms with Crippen molar-refractivity contribution in [3.05, 3.63) is 52.9 Å². The molecule has 1 N–H and O–H groups in total. The monoisotopic (exact) mass is 265 g/mol. The topological polar surface area (TPSA) is 53.7 Å². The van der Waals surface area contributed by atoms with Gasteiger partial charge in [-0.1, -0.05) is 11.6 Å². The lowest BCUT2D eigenvalue weighted by Crippen LogP contribution is -2.19. The van der Waals surface area contributed by atoms with Gasteiger partial charge in [0, 0.05) is 12.1 Å². The molecular formula is C13H12ClNO3. The Hall–Kier alpha value is -1.94. The van der Waals surface area contributed by atoms with Gasteiger partial charge < -0.3 is 14.4 Å². The number of hydrogen-bond donors (Lipinski definition) is 1. The Kier molecular flexibility index (Phi) is 3.58. The molecule has 0 aliphatic carbocycles. The van der Waals surface area contributed by atoms with Crippen LogP contribution in [0.5, 0.6) is 0 Å². The van der Waals surface area contributed by atoms with Crippen LogP contribution in [0.3, 0.4) is 0 Å². The number of rotatable bonds is 4. The Balaban J connectivity index is 2.29. The number of halogens is 1. The molecule has 18 heavy (non-hydrogen) atoms. The molecule has 0 aliphatic rings. The zero-order chi connectivity index (χ0) is 13.1. The maximum atomic E-state index is 11.2. The Labute approximate surface area is 109 Å². The summed E-state index contributed by atoms with van der Waals surface area (Å²) in [6, 6.07) is 8.44. The van der Waals surface area contributed by atoms with Gasteiger partial charge in [-0.2, -0.15) is 0 Å². The number of carboxylic acid groups (broad SMARTS) is 1. The molecule has 0 radical (unpaired) electrons. The maximum absolute atomic E-state index is 11.2. The Morgan fingerprint density at radius 1 is 1.44 bits per heavy atom. The van der Waals surface area contributed by atoms with Gasteiger partial charge in [0.05, 0.1) is 24.1 Å². The standard InChI is InChI=1S/C13H12ClNO3/c1-15(8-10-3-2-6-18-10)12-5-4-9(14)7-11(12)13(16)17/h2-7H,8H2,1H3,(H,16,17). The minimum absolute atomic E-state index is 0.177.